The molecular weight excluding hydrogens is 428 g/mol. The maximum atomic E-state index is 12.7. The Morgan fingerprint density at radius 3 is 2.80 bits per heavy atom. The SMILES string of the molecule is O=C(O)C1=C(CSc2ncc[nH]2)CS[C@H]2C(NC(=O)C(O)c3ccccc3)C(=O)N12. The number of hydrogen-bond acceptors (Lipinski definition) is 7. The second-order valence-electron chi connectivity index (χ2n) is 6.65. The number of carbonyl (C=O) groups is 3. The molecule has 30 heavy (non-hydrogen) atoms. The highest BCUT2D eigenvalue weighted by Gasteiger charge is 2.54. The Morgan fingerprint density at radius 1 is 1.37 bits per heavy atom. The fraction of sp³-hybridized carbons (Fsp3) is 0.263. The lowest BCUT2D eigenvalue weighted by Crippen LogP contribution is -2.70. The second kappa shape index (κ2) is 8.54. The Bertz CT molecular complexity index is 996. The van der Waals surface area contributed by atoms with Crippen LogP contribution in [0, 0.1) is 0 Å². The Labute approximate surface area is 179 Å². The van der Waals surface area contributed by atoms with Crippen molar-refractivity contribution in [1.82, 2.24) is 20.2 Å². The second-order valence-corrected chi connectivity index (χ2v) is 8.72. The monoisotopic (exact) mass is 446 g/mol. The van der Waals surface area contributed by atoms with E-state index in [1.807, 2.05) is 0 Å². The number of H-pyrrole nitrogens is 1. The van der Waals surface area contributed by atoms with Crippen molar-refractivity contribution in [3.05, 3.63) is 59.6 Å². The van der Waals surface area contributed by atoms with Gasteiger partial charge in [0.15, 0.2) is 11.3 Å². The minimum Gasteiger partial charge on any atom is -0.477 e. The van der Waals surface area contributed by atoms with E-state index < -0.39 is 35.3 Å². The predicted molar refractivity (Wildman–Crippen MR) is 110 cm³/mol. The van der Waals surface area contributed by atoms with Gasteiger partial charge in [-0.05, 0) is 11.1 Å². The van der Waals surface area contributed by atoms with Crippen molar-refractivity contribution in [2.45, 2.75) is 22.7 Å². The van der Waals surface area contributed by atoms with Gasteiger partial charge in [0.2, 0.25) is 0 Å². The number of aliphatic carboxylic acids is 1. The van der Waals surface area contributed by atoms with Gasteiger partial charge in [-0.15, -0.1) is 11.8 Å². The minimum absolute atomic E-state index is 0.0445. The van der Waals surface area contributed by atoms with Gasteiger partial charge < -0.3 is 20.5 Å². The molecule has 2 aromatic rings. The molecule has 4 rings (SSSR count). The number of thioether (sulfide) groups is 2. The van der Waals surface area contributed by atoms with Crippen molar-refractivity contribution < 1.29 is 24.6 Å². The van der Waals surface area contributed by atoms with Crippen molar-refractivity contribution in [2.24, 2.45) is 0 Å². The van der Waals surface area contributed by atoms with Gasteiger partial charge in [-0.3, -0.25) is 14.5 Å². The van der Waals surface area contributed by atoms with Gasteiger partial charge in [0.1, 0.15) is 17.1 Å². The van der Waals surface area contributed by atoms with Crippen LogP contribution in [-0.4, -0.2) is 65.8 Å². The Balaban J connectivity index is 1.46. The number of fused-ring (bicyclic) bond motifs is 1. The molecule has 1 saturated heterocycles. The Hall–Kier alpha value is -2.76. The molecule has 0 saturated carbocycles. The Kier molecular flexibility index (Phi) is 5.84. The molecule has 3 atom stereocenters. The van der Waals surface area contributed by atoms with Crippen LogP contribution in [0.1, 0.15) is 11.7 Å². The molecule has 1 fully saturated rings. The van der Waals surface area contributed by atoms with E-state index in [2.05, 4.69) is 15.3 Å². The highest BCUT2D eigenvalue weighted by Crippen LogP contribution is 2.41. The lowest BCUT2D eigenvalue weighted by atomic mass is 10.0. The largest absolute Gasteiger partial charge is 0.477 e. The summed E-state index contributed by atoms with van der Waals surface area (Å²) in [4.78, 5) is 45.2. The summed E-state index contributed by atoms with van der Waals surface area (Å²) >= 11 is 2.74. The van der Waals surface area contributed by atoms with E-state index in [1.165, 1.54) is 28.4 Å². The zero-order chi connectivity index (χ0) is 21.3. The standard InChI is InChI=1S/C19H18N4O5S2/c24-14(10-4-2-1-3-5-10)15(25)22-12-16(26)23-13(18(27)28)11(8-29-17(12)23)9-30-19-20-6-7-21-19/h1-7,12,14,17,24H,8-9H2,(H,20,21)(H,22,25)(H,27,28)/t12?,14?,17-/m0/s1. The molecule has 0 bridgehead atoms. The molecule has 2 amide bonds. The number of aromatic amines is 1. The van der Waals surface area contributed by atoms with E-state index in [0.717, 1.165) is 0 Å². The van der Waals surface area contributed by atoms with Crippen LogP contribution in [-0.2, 0) is 14.4 Å². The summed E-state index contributed by atoms with van der Waals surface area (Å²) < 4.78 is 0. The summed E-state index contributed by atoms with van der Waals surface area (Å²) in [5.74, 6) is -1.59. The Morgan fingerprint density at radius 2 is 2.13 bits per heavy atom. The number of carboxylic acid groups (broad SMARTS) is 1. The summed E-state index contributed by atoms with van der Waals surface area (Å²) in [6.07, 6.45) is 1.88. The number of carboxylic acids is 1. The molecule has 0 spiro atoms. The van der Waals surface area contributed by atoms with Gasteiger partial charge in [-0.25, -0.2) is 9.78 Å². The summed E-state index contributed by atoms with van der Waals surface area (Å²) in [6, 6.07) is 7.51. The van der Waals surface area contributed by atoms with E-state index in [9.17, 15) is 24.6 Å². The first-order valence-corrected chi connectivity index (χ1v) is 11.1. The number of benzene rings is 1. The van der Waals surface area contributed by atoms with E-state index in [1.54, 1.807) is 42.7 Å². The number of aromatic nitrogens is 2. The van der Waals surface area contributed by atoms with Crippen LogP contribution in [0.4, 0.5) is 0 Å². The minimum atomic E-state index is -1.41. The summed E-state index contributed by atoms with van der Waals surface area (Å²) in [7, 11) is 0. The third kappa shape index (κ3) is 3.83. The zero-order valence-electron chi connectivity index (χ0n) is 15.5. The number of hydrogen-bond donors (Lipinski definition) is 4. The first kappa shape index (κ1) is 20.5. The van der Waals surface area contributed by atoms with Gasteiger partial charge in [-0.2, -0.15) is 0 Å². The maximum Gasteiger partial charge on any atom is 0.352 e. The third-order valence-corrected chi connectivity index (χ3v) is 7.10. The molecular formula is C19H18N4O5S2. The van der Waals surface area contributed by atoms with Crippen LogP contribution in [0.25, 0.3) is 0 Å². The number of rotatable bonds is 7. The van der Waals surface area contributed by atoms with E-state index >= 15 is 0 Å². The normalized spacial score (nSPS) is 21.6. The zero-order valence-corrected chi connectivity index (χ0v) is 17.2. The number of aliphatic hydroxyl groups is 1. The molecule has 2 aliphatic heterocycles. The lowest BCUT2D eigenvalue weighted by molar-refractivity contribution is -0.151. The number of carbonyl (C=O) groups excluding carboxylic acids is 2. The topological polar surface area (TPSA) is 136 Å². The fourth-order valence-electron chi connectivity index (χ4n) is 3.30. The van der Waals surface area contributed by atoms with Crippen LogP contribution >= 0.6 is 23.5 Å². The van der Waals surface area contributed by atoms with E-state index in [0.29, 0.717) is 27.8 Å². The van der Waals surface area contributed by atoms with E-state index in [-0.39, 0.29) is 5.70 Å². The average Bonchev–Trinajstić information content (AvgIpc) is 3.28. The lowest BCUT2D eigenvalue weighted by Gasteiger charge is -2.49. The number of β-lactam (4-membered cyclic amide) rings is 1. The van der Waals surface area contributed by atoms with Gasteiger partial charge in [0.05, 0.1) is 0 Å². The molecule has 0 radical (unpaired) electrons. The van der Waals surface area contributed by atoms with Gasteiger partial charge in [-0.1, -0.05) is 42.1 Å². The number of amides is 2. The van der Waals surface area contributed by atoms with Crippen molar-refractivity contribution in [1.29, 1.82) is 0 Å². The molecule has 156 valence electrons. The number of nitrogens with zero attached hydrogens (tertiary/aromatic N) is 2. The maximum absolute atomic E-state index is 12.7. The highest BCUT2D eigenvalue weighted by atomic mass is 32.2. The molecule has 4 N–H and O–H groups in total. The molecule has 1 aromatic carbocycles. The van der Waals surface area contributed by atoms with Crippen molar-refractivity contribution in [2.75, 3.05) is 11.5 Å². The molecule has 2 aliphatic rings. The third-order valence-electron chi connectivity index (χ3n) is 4.77. The number of imidazole rings is 1. The molecule has 3 heterocycles. The average molecular weight is 447 g/mol. The van der Waals surface area contributed by atoms with Gasteiger partial charge in [0.25, 0.3) is 11.8 Å². The summed E-state index contributed by atoms with van der Waals surface area (Å²) in [5, 5.41) is 22.6. The highest BCUT2D eigenvalue weighted by molar-refractivity contribution is 8.01. The number of nitrogens with one attached hydrogen (secondary N) is 2. The molecule has 1 aromatic heterocycles. The summed E-state index contributed by atoms with van der Waals surface area (Å²) in [5.41, 5.74) is 0.989. The van der Waals surface area contributed by atoms with Crippen LogP contribution in [0.5, 0.6) is 0 Å². The molecule has 2 unspecified atom stereocenters. The first-order chi connectivity index (χ1) is 14.5. The van der Waals surface area contributed by atoms with Crippen LogP contribution in [0.3, 0.4) is 0 Å². The van der Waals surface area contributed by atoms with Crippen molar-refractivity contribution >= 4 is 41.3 Å². The van der Waals surface area contributed by atoms with Crippen LogP contribution in [0.15, 0.2) is 59.2 Å². The van der Waals surface area contributed by atoms with Crippen molar-refractivity contribution in [3.63, 3.8) is 0 Å². The van der Waals surface area contributed by atoms with Crippen LogP contribution in [0.2, 0.25) is 0 Å². The molecule has 0 aliphatic carbocycles. The quantitative estimate of drug-likeness (QED) is 0.365. The van der Waals surface area contributed by atoms with E-state index in [4.69, 9.17) is 0 Å². The summed E-state index contributed by atoms with van der Waals surface area (Å²) in [6.45, 7) is 0. The predicted octanol–water partition coefficient (Wildman–Crippen LogP) is 0.974. The number of aliphatic hydroxyl groups excluding tert-OH is 1. The fourth-order valence-corrected chi connectivity index (χ4v) is 5.61. The van der Waals surface area contributed by atoms with Crippen molar-refractivity contribution in [3.8, 4) is 0 Å². The van der Waals surface area contributed by atoms with Gasteiger partial charge >= 0.3 is 5.97 Å². The molecule has 11 heteroatoms. The van der Waals surface area contributed by atoms with Gasteiger partial charge in [0, 0.05) is 23.9 Å². The first-order valence-electron chi connectivity index (χ1n) is 9.03. The van der Waals surface area contributed by atoms with Crippen LogP contribution < -0.4 is 5.32 Å². The molecule has 9 nitrogen and oxygen atoms in total. The smallest absolute Gasteiger partial charge is 0.352 e.